The Labute approximate surface area is 202 Å². The summed E-state index contributed by atoms with van der Waals surface area (Å²) >= 11 is 1.63. The fourth-order valence-electron chi connectivity index (χ4n) is 4.25. The van der Waals surface area contributed by atoms with Gasteiger partial charge in [0.1, 0.15) is 15.5 Å². The van der Waals surface area contributed by atoms with E-state index in [1.165, 1.54) is 0 Å². The largest absolute Gasteiger partial charge is 0.508 e. The Morgan fingerprint density at radius 3 is 2.65 bits per heavy atom. The predicted octanol–water partition coefficient (Wildman–Crippen LogP) is 2.52. The molecule has 1 N–H and O–H groups in total. The van der Waals surface area contributed by atoms with Crippen LogP contribution in [0.3, 0.4) is 0 Å². The van der Waals surface area contributed by atoms with E-state index < -0.39 is 0 Å². The Kier molecular flexibility index (Phi) is 6.70. The van der Waals surface area contributed by atoms with Crippen molar-refractivity contribution >= 4 is 33.4 Å². The van der Waals surface area contributed by atoms with Crippen molar-refractivity contribution in [2.45, 2.75) is 13.5 Å². The fraction of sp³-hybridized carbons (Fsp3) is 0.417. The third-order valence-corrected chi connectivity index (χ3v) is 7.07. The first-order chi connectivity index (χ1) is 16.6. The molecule has 0 radical (unpaired) electrons. The molecule has 2 aliphatic heterocycles. The molecule has 10 heteroatoms. The molecule has 5 rings (SSSR count). The normalized spacial score (nSPS) is 17.7. The standard InChI is InChI=1S/C24H28N6O3S/c1-2-4-20(32)29-9-7-28(8-10-29)16-19-25-23-21(34-19)24(30-11-13-33-14-12-30)27-22(26-23)17-5-3-6-18(31)15-17/h2-6,15,31H,7-14,16H2,1H3/b4-2+. The number of nitrogens with zero attached hydrogens (tertiary/aromatic N) is 6. The van der Waals surface area contributed by atoms with Gasteiger partial charge in [0.2, 0.25) is 5.91 Å². The summed E-state index contributed by atoms with van der Waals surface area (Å²) in [5, 5.41) is 10.9. The average Bonchev–Trinajstić information content (AvgIpc) is 3.27. The van der Waals surface area contributed by atoms with E-state index >= 15 is 0 Å². The van der Waals surface area contributed by atoms with Crippen LogP contribution in [0.15, 0.2) is 36.4 Å². The van der Waals surface area contributed by atoms with Crippen molar-refractivity contribution in [2.24, 2.45) is 0 Å². The van der Waals surface area contributed by atoms with E-state index in [1.54, 1.807) is 41.7 Å². The Hall–Kier alpha value is -3.08. The third-order valence-electron chi connectivity index (χ3n) is 6.05. The second kappa shape index (κ2) is 10.0. The number of thiazole rings is 1. The number of piperazine rings is 1. The Bertz CT molecular complexity index is 1200. The first-order valence-corrected chi connectivity index (χ1v) is 12.4. The molecule has 9 nitrogen and oxygen atoms in total. The van der Waals surface area contributed by atoms with Crippen molar-refractivity contribution < 1.29 is 14.6 Å². The minimum absolute atomic E-state index is 0.0760. The Morgan fingerprint density at radius 2 is 1.91 bits per heavy atom. The van der Waals surface area contributed by atoms with Crippen LogP contribution in [0.2, 0.25) is 0 Å². The zero-order valence-corrected chi connectivity index (χ0v) is 20.0. The summed E-state index contributed by atoms with van der Waals surface area (Å²) in [6.45, 7) is 8.50. The lowest BCUT2D eigenvalue weighted by atomic mass is 10.2. The number of phenolic OH excluding ortho intramolecular Hbond substituents is 1. The first-order valence-electron chi connectivity index (χ1n) is 11.5. The molecule has 2 aromatic heterocycles. The van der Waals surface area contributed by atoms with Gasteiger partial charge in [-0.2, -0.15) is 0 Å². The van der Waals surface area contributed by atoms with Crippen LogP contribution < -0.4 is 4.90 Å². The molecule has 2 fully saturated rings. The summed E-state index contributed by atoms with van der Waals surface area (Å²) in [5.74, 6) is 1.68. The zero-order valence-electron chi connectivity index (χ0n) is 19.2. The highest BCUT2D eigenvalue weighted by Crippen LogP contribution is 2.33. The number of morpholine rings is 1. The van der Waals surface area contributed by atoms with Gasteiger partial charge in [-0.15, -0.1) is 11.3 Å². The number of allylic oxidation sites excluding steroid dienone is 1. The maximum atomic E-state index is 12.1. The number of hydrogen-bond acceptors (Lipinski definition) is 9. The first kappa shape index (κ1) is 22.7. The van der Waals surface area contributed by atoms with Gasteiger partial charge in [0.25, 0.3) is 0 Å². The lowest BCUT2D eigenvalue weighted by molar-refractivity contribution is -0.127. The minimum Gasteiger partial charge on any atom is -0.508 e. The summed E-state index contributed by atoms with van der Waals surface area (Å²) in [7, 11) is 0. The number of anilines is 1. The van der Waals surface area contributed by atoms with Crippen molar-refractivity contribution in [3.8, 4) is 17.1 Å². The van der Waals surface area contributed by atoms with E-state index in [1.807, 2.05) is 17.9 Å². The highest BCUT2D eigenvalue weighted by atomic mass is 32.1. The molecule has 34 heavy (non-hydrogen) atoms. The monoisotopic (exact) mass is 480 g/mol. The highest BCUT2D eigenvalue weighted by Gasteiger charge is 2.24. The number of carbonyl (C=O) groups excluding carboxylic acids is 1. The smallest absolute Gasteiger partial charge is 0.246 e. The van der Waals surface area contributed by atoms with Gasteiger partial charge >= 0.3 is 0 Å². The van der Waals surface area contributed by atoms with Crippen LogP contribution in [0.25, 0.3) is 21.7 Å². The van der Waals surface area contributed by atoms with Crippen LogP contribution in [0.5, 0.6) is 5.75 Å². The van der Waals surface area contributed by atoms with Gasteiger partial charge in [0.15, 0.2) is 17.3 Å². The quantitative estimate of drug-likeness (QED) is 0.557. The minimum atomic E-state index is 0.0760. The lowest BCUT2D eigenvalue weighted by Gasteiger charge is -2.33. The number of aromatic hydroxyl groups is 1. The fourth-order valence-corrected chi connectivity index (χ4v) is 5.31. The summed E-state index contributed by atoms with van der Waals surface area (Å²) < 4.78 is 6.52. The molecule has 2 aliphatic rings. The van der Waals surface area contributed by atoms with Gasteiger partial charge < -0.3 is 19.6 Å². The number of benzene rings is 1. The van der Waals surface area contributed by atoms with Crippen LogP contribution in [-0.4, -0.2) is 88.2 Å². The van der Waals surface area contributed by atoms with E-state index in [-0.39, 0.29) is 11.7 Å². The molecular weight excluding hydrogens is 452 g/mol. The molecule has 2 saturated heterocycles. The van der Waals surface area contributed by atoms with Crippen molar-refractivity contribution in [1.82, 2.24) is 24.8 Å². The Morgan fingerprint density at radius 1 is 1.12 bits per heavy atom. The van der Waals surface area contributed by atoms with E-state index in [4.69, 9.17) is 19.7 Å². The molecule has 0 atom stereocenters. The van der Waals surface area contributed by atoms with Crippen LogP contribution in [0.4, 0.5) is 5.82 Å². The SMILES string of the molecule is C/C=C/C(=O)N1CCN(Cc2nc3nc(-c4cccc(O)c4)nc(N4CCOCC4)c3s2)CC1. The second-order valence-electron chi connectivity index (χ2n) is 8.38. The van der Waals surface area contributed by atoms with Crippen molar-refractivity contribution in [3.63, 3.8) is 0 Å². The van der Waals surface area contributed by atoms with E-state index in [2.05, 4.69) is 9.80 Å². The van der Waals surface area contributed by atoms with E-state index in [9.17, 15) is 9.90 Å². The van der Waals surface area contributed by atoms with Crippen molar-refractivity contribution in [3.05, 3.63) is 41.4 Å². The van der Waals surface area contributed by atoms with Crippen LogP contribution >= 0.6 is 11.3 Å². The second-order valence-corrected chi connectivity index (χ2v) is 9.47. The van der Waals surface area contributed by atoms with Gasteiger partial charge in [-0.05, 0) is 25.1 Å². The highest BCUT2D eigenvalue weighted by molar-refractivity contribution is 7.19. The summed E-state index contributed by atoms with van der Waals surface area (Å²) in [5.41, 5.74) is 1.43. The summed E-state index contributed by atoms with van der Waals surface area (Å²) in [6, 6.07) is 7.00. The van der Waals surface area contributed by atoms with Crippen LogP contribution in [0.1, 0.15) is 11.9 Å². The van der Waals surface area contributed by atoms with Gasteiger partial charge in [-0.25, -0.2) is 15.0 Å². The number of aromatic nitrogens is 3. The molecule has 178 valence electrons. The molecule has 4 heterocycles. The Balaban J connectivity index is 1.41. The summed E-state index contributed by atoms with van der Waals surface area (Å²) in [6.07, 6.45) is 3.41. The van der Waals surface area contributed by atoms with Gasteiger partial charge in [0.05, 0.1) is 19.8 Å². The molecular formula is C24H28N6O3S. The predicted molar refractivity (Wildman–Crippen MR) is 132 cm³/mol. The maximum Gasteiger partial charge on any atom is 0.246 e. The molecule has 0 spiro atoms. The number of hydrogen-bond donors (Lipinski definition) is 1. The van der Waals surface area contributed by atoms with Gasteiger partial charge in [-0.3, -0.25) is 9.69 Å². The van der Waals surface area contributed by atoms with Crippen molar-refractivity contribution in [2.75, 3.05) is 57.4 Å². The zero-order chi connectivity index (χ0) is 23.5. The van der Waals surface area contributed by atoms with E-state index in [0.29, 0.717) is 37.8 Å². The van der Waals surface area contributed by atoms with E-state index in [0.717, 1.165) is 53.8 Å². The number of phenols is 1. The summed E-state index contributed by atoms with van der Waals surface area (Å²) in [4.78, 5) is 33.1. The number of fused-ring (bicyclic) bond motifs is 1. The number of rotatable bonds is 5. The average molecular weight is 481 g/mol. The molecule has 3 aromatic rings. The molecule has 1 aromatic carbocycles. The number of amides is 1. The topological polar surface area (TPSA) is 94.9 Å². The molecule has 0 bridgehead atoms. The van der Waals surface area contributed by atoms with Gasteiger partial charge in [0, 0.05) is 44.8 Å². The van der Waals surface area contributed by atoms with Crippen LogP contribution in [0, 0.1) is 0 Å². The molecule has 0 aliphatic carbocycles. The molecule has 0 saturated carbocycles. The third kappa shape index (κ3) is 4.89. The number of carbonyl (C=O) groups is 1. The van der Waals surface area contributed by atoms with Crippen LogP contribution in [-0.2, 0) is 16.1 Å². The molecule has 0 unspecified atom stereocenters. The lowest BCUT2D eigenvalue weighted by Crippen LogP contribution is -2.47. The number of ether oxygens (including phenoxy) is 1. The molecule has 1 amide bonds. The maximum absolute atomic E-state index is 12.1. The van der Waals surface area contributed by atoms with Gasteiger partial charge in [-0.1, -0.05) is 18.2 Å². The van der Waals surface area contributed by atoms with Crippen molar-refractivity contribution in [1.29, 1.82) is 0 Å².